The van der Waals surface area contributed by atoms with Gasteiger partial charge in [-0.1, -0.05) is 24.3 Å². The number of likely N-dealkylation sites (N-methyl/N-ethyl adjacent to an activating group) is 1. The molecule has 1 aliphatic heterocycles. The fourth-order valence-electron chi connectivity index (χ4n) is 3.12. The van der Waals surface area contributed by atoms with Crippen molar-refractivity contribution < 1.29 is 23.8 Å². The number of ether oxygens (including phenoxy) is 3. The van der Waals surface area contributed by atoms with E-state index in [4.69, 9.17) is 14.2 Å². The molecule has 0 aliphatic carbocycles. The summed E-state index contributed by atoms with van der Waals surface area (Å²) in [6.07, 6.45) is 0. The molecule has 1 N–H and O–H groups in total. The summed E-state index contributed by atoms with van der Waals surface area (Å²) in [6, 6.07) is 14.8. The van der Waals surface area contributed by atoms with Crippen LogP contribution in [0.25, 0.3) is 10.9 Å². The standard InChI is InChI=1S/C21H20N2O5/c1-2-23(11-14-7-8-18-19(9-14)28-13-27-18)20(24)12-26-21(25)17-10-15-5-3-4-6-16(15)22-17/h3-10,22H,2,11-13H2,1H3. The Balaban J connectivity index is 1.36. The maximum absolute atomic E-state index is 12.5. The highest BCUT2D eigenvalue weighted by atomic mass is 16.7. The molecule has 0 saturated carbocycles. The molecule has 0 atom stereocenters. The number of nitrogens with zero attached hydrogens (tertiary/aromatic N) is 1. The zero-order chi connectivity index (χ0) is 19.5. The van der Waals surface area contributed by atoms with Gasteiger partial charge in [-0.05, 0) is 36.8 Å². The number of benzene rings is 2. The van der Waals surface area contributed by atoms with Gasteiger partial charge in [-0.3, -0.25) is 4.79 Å². The lowest BCUT2D eigenvalue weighted by Crippen LogP contribution is -2.34. The molecule has 1 aliphatic rings. The first kappa shape index (κ1) is 17.9. The van der Waals surface area contributed by atoms with E-state index in [-0.39, 0.29) is 19.3 Å². The van der Waals surface area contributed by atoms with Crippen molar-refractivity contribution in [3.8, 4) is 11.5 Å². The van der Waals surface area contributed by atoms with Gasteiger partial charge in [0, 0.05) is 24.0 Å². The monoisotopic (exact) mass is 380 g/mol. The minimum Gasteiger partial charge on any atom is -0.454 e. The third-order valence-electron chi connectivity index (χ3n) is 4.62. The molecule has 2 heterocycles. The number of carbonyl (C=O) groups is 2. The molecule has 0 radical (unpaired) electrons. The molecule has 1 amide bonds. The number of rotatable bonds is 6. The Morgan fingerprint density at radius 3 is 2.75 bits per heavy atom. The second-order valence-electron chi connectivity index (χ2n) is 6.44. The summed E-state index contributed by atoms with van der Waals surface area (Å²) in [6.45, 7) is 2.67. The van der Waals surface area contributed by atoms with Crippen molar-refractivity contribution in [2.75, 3.05) is 19.9 Å². The van der Waals surface area contributed by atoms with Crippen LogP contribution in [0.4, 0.5) is 0 Å². The molecule has 28 heavy (non-hydrogen) atoms. The van der Waals surface area contributed by atoms with Gasteiger partial charge in [0.15, 0.2) is 18.1 Å². The molecule has 0 spiro atoms. The third-order valence-corrected chi connectivity index (χ3v) is 4.62. The van der Waals surface area contributed by atoms with Crippen molar-refractivity contribution in [3.05, 3.63) is 59.8 Å². The first-order chi connectivity index (χ1) is 13.6. The maximum atomic E-state index is 12.5. The lowest BCUT2D eigenvalue weighted by Gasteiger charge is -2.21. The Morgan fingerprint density at radius 2 is 1.93 bits per heavy atom. The van der Waals surface area contributed by atoms with E-state index in [1.165, 1.54) is 0 Å². The average Bonchev–Trinajstić information content (AvgIpc) is 3.36. The van der Waals surface area contributed by atoms with Crippen LogP contribution in [0.2, 0.25) is 0 Å². The van der Waals surface area contributed by atoms with Crippen LogP contribution >= 0.6 is 0 Å². The number of hydrogen-bond acceptors (Lipinski definition) is 5. The highest BCUT2D eigenvalue weighted by molar-refractivity contribution is 5.95. The molecular weight excluding hydrogens is 360 g/mol. The predicted octanol–water partition coefficient (Wildman–Crippen LogP) is 3.10. The summed E-state index contributed by atoms with van der Waals surface area (Å²) in [5.74, 6) is 0.560. The molecule has 144 valence electrons. The minimum absolute atomic E-state index is 0.207. The van der Waals surface area contributed by atoms with E-state index in [1.807, 2.05) is 49.4 Å². The quantitative estimate of drug-likeness (QED) is 0.665. The van der Waals surface area contributed by atoms with E-state index < -0.39 is 5.97 Å². The number of H-pyrrole nitrogens is 1. The Labute approximate surface area is 161 Å². The second-order valence-corrected chi connectivity index (χ2v) is 6.44. The van der Waals surface area contributed by atoms with Crippen LogP contribution in [-0.2, 0) is 16.1 Å². The van der Waals surface area contributed by atoms with E-state index in [0.29, 0.717) is 30.3 Å². The summed E-state index contributed by atoms with van der Waals surface area (Å²) < 4.78 is 15.9. The van der Waals surface area contributed by atoms with E-state index in [2.05, 4.69) is 4.98 Å². The van der Waals surface area contributed by atoms with Gasteiger partial charge in [0.25, 0.3) is 5.91 Å². The van der Waals surface area contributed by atoms with Crippen LogP contribution in [0.5, 0.6) is 11.5 Å². The molecule has 4 rings (SSSR count). The van der Waals surface area contributed by atoms with Crippen molar-refractivity contribution in [1.29, 1.82) is 0 Å². The Bertz CT molecular complexity index is 994. The largest absolute Gasteiger partial charge is 0.454 e. The summed E-state index contributed by atoms with van der Waals surface area (Å²) in [7, 11) is 0. The number of aromatic nitrogens is 1. The van der Waals surface area contributed by atoms with Gasteiger partial charge in [0.05, 0.1) is 0 Å². The van der Waals surface area contributed by atoms with Crippen molar-refractivity contribution in [2.45, 2.75) is 13.5 Å². The molecule has 7 heteroatoms. The van der Waals surface area contributed by atoms with Crippen LogP contribution in [0.1, 0.15) is 23.0 Å². The number of fused-ring (bicyclic) bond motifs is 2. The zero-order valence-electron chi connectivity index (χ0n) is 15.4. The molecule has 3 aromatic rings. The molecular formula is C21H20N2O5. The van der Waals surface area contributed by atoms with Crippen LogP contribution in [0, 0.1) is 0 Å². The highest BCUT2D eigenvalue weighted by Gasteiger charge is 2.19. The number of carbonyl (C=O) groups excluding carboxylic acids is 2. The van der Waals surface area contributed by atoms with Crippen LogP contribution in [0.15, 0.2) is 48.5 Å². The smallest absolute Gasteiger partial charge is 0.355 e. The second kappa shape index (κ2) is 7.64. The topological polar surface area (TPSA) is 80.9 Å². The van der Waals surface area contributed by atoms with Crippen LogP contribution < -0.4 is 9.47 Å². The van der Waals surface area contributed by atoms with Gasteiger partial charge in [0.2, 0.25) is 6.79 Å². The molecule has 0 saturated heterocycles. The fraction of sp³-hybridized carbons (Fsp3) is 0.238. The number of esters is 1. The van der Waals surface area contributed by atoms with E-state index in [1.54, 1.807) is 11.0 Å². The lowest BCUT2D eigenvalue weighted by molar-refractivity contribution is -0.134. The highest BCUT2D eigenvalue weighted by Crippen LogP contribution is 2.32. The lowest BCUT2D eigenvalue weighted by atomic mass is 10.2. The summed E-state index contributed by atoms with van der Waals surface area (Å²) in [4.78, 5) is 29.4. The van der Waals surface area contributed by atoms with Crippen molar-refractivity contribution in [2.24, 2.45) is 0 Å². The van der Waals surface area contributed by atoms with Gasteiger partial charge in [-0.15, -0.1) is 0 Å². The summed E-state index contributed by atoms with van der Waals surface area (Å²) in [5.41, 5.74) is 2.09. The number of nitrogens with one attached hydrogen (secondary N) is 1. The number of aromatic amines is 1. The Kier molecular flexibility index (Phi) is 4.89. The Hall–Kier alpha value is -3.48. The predicted molar refractivity (Wildman–Crippen MR) is 102 cm³/mol. The van der Waals surface area contributed by atoms with Gasteiger partial charge < -0.3 is 24.1 Å². The Morgan fingerprint density at radius 1 is 1.11 bits per heavy atom. The third kappa shape index (κ3) is 3.64. The van der Waals surface area contributed by atoms with Crippen molar-refractivity contribution >= 4 is 22.8 Å². The summed E-state index contributed by atoms with van der Waals surface area (Å²) >= 11 is 0. The molecule has 0 bridgehead atoms. The van der Waals surface area contributed by atoms with Crippen LogP contribution in [0.3, 0.4) is 0 Å². The fourth-order valence-corrected chi connectivity index (χ4v) is 3.12. The van der Waals surface area contributed by atoms with Gasteiger partial charge in [0.1, 0.15) is 5.69 Å². The molecule has 0 fully saturated rings. The molecule has 7 nitrogen and oxygen atoms in total. The molecule has 2 aromatic carbocycles. The average molecular weight is 380 g/mol. The molecule has 1 aromatic heterocycles. The van der Waals surface area contributed by atoms with Crippen molar-refractivity contribution in [3.63, 3.8) is 0 Å². The SMILES string of the molecule is CCN(Cc1ccc2c(c1)OCO2)C(=O)COC(=O)c1cc2ccccc2[nH]1. The minimum atomic E-state index is -0.552. The number of para-hydroxylation sites is 1. The zero-order valence-corrected chi connectivity index (χ0v) is 15.4. The van der Waals surface area contributed by atoms with Gasteiger partial charge in [-0.2, -0.15) is 0 Å². The van der Waals surface area contributed by atoms with Crippen LogP contribution in [-0.4, -0.2) is 41.7 Å². The van der Waals surface area contributed by atoms with Gasteiger partial charge in [-0.25, -0.2) is 4.79 Å². The van der Waals surface area contributed by atoms with E-state index in [0.717, 1.165) is 16.5 Å². The summed E-state index contributed by atoms with van der Waals surface area (Å²) in [5, 5.41) is 0.916. The number of hydrogen-bond donors (Lipinski definition) is 1. The normalized spacial score (nSPS) is 12.2. The van der Waals surface area contributed by atoms with Gasteiger partial charge >= 0.3 is 5.97 Å². The van der Waals surface area contributed by atoms with E-state index >= 15 is 0 Å². The number of amides is 1. The first-order valence-electron chi connectivity index (χ1n) is 9.05. The maximum Gasteiger partial charge on any atom is 0.355 e. The molecule has 0 unspecified atom stereocenters. The van der Waals surface area contributed by atoms with Crippen molar-refractivity contribution in [1.82, 2.24) is 9.88 Å². The first-order valence-corrected chi connectivity index (χ1v) is 9.05. The van der Waals surface area contributed by atoms with E-state index in [9.17, 15) is 9.59 Å².